The molecule has 2 rings (SSSR count). The molecule has 0 spiro atoms. The molecular formula is C15H21NO2. The lowest BCUT2D eigenvalue weighted by Gasteiger charge is -2.19. The molecule has 98 valence electrons. The molecule has 1 aliphatic heterocycles. The largest absolute Gasteiger partial charge is 0.491 e. The van der Waals surface area contributed by atoms with Crippen molar-refractivity contribution in [2.45, 2.75) is 46.1 Å². The van der Waals surface area contributed by atoms with Gasteiger partial charge in [0, 0.05) is 24.6 Å². The Kier molecular flexibility index (Phi) is 3.09. The summed E-state index contributed by atoms with van der Waals surface area (Å²) in [4.78, 5) is 13.5. The minimum atomic E-state index is -0.0165. The van der Waals surface area contributed by atoms with Crippen LogP contribution in [0, 0.1) is 0 Å². The summed E-state index contributed by atoms with van der Waals surface area (Å²) >= 11 is 0. The van der Waals surface area contributed by atoms with Crippen LogP contribution in [0.1, 0.15) is 40.2 Å². The normalized spacial score (nSPS) is 16.9. The molecule has 0 unspecified atom stereocenters. The number of fused-ring (bicyclic) bond motifs is 1. The van der Waals surface area contributed by atoms with Crippen molar-refractivity contribution in [3.8, 4) is 5.75 Å². The van der Waals surface area contributed by atoms with Crippen LogP contribution in [-0.4, -0.2) is 18.6 Å². The first-order chi connectivity index (χ1) is 8.31. The fourth-order valence-electron chi connectivity index (χ4n) is 2.48. The molecule has 1 aliphatic rings. The Morgan fingerprint density at radius 3 is 2.61 bits per heavy atom. The van der Waals surface area contributed by atoms with Crippen LogP contribution in [0.2, 0.25) is 0 Å². The van der Waals surface area contributed by atoms with E-state index in [4.69, 9.17) is 4.74 Å². The summed E-state index contributed by atoms with van der Waals surface area (Å²) in [6.07, 6.45) is 0.163. The summed E-state index contributed by atoms with van der Waals surface area (Å²) in [5, 5.41) is 0. The second kappa shape index (κ2) is 4.30. The summed E-state index contributed by atoms with van der Waals surface area (Å²) in [7, 11) is 0. The number of carbonyl (C=O) groups excluding carboxylic acids is 1. The molecule has 0 atom stereocenters. The lowest BCUT2D eigenvalue weighted by Crippen LogP contribution is -2.31. The van der Waals surface area contributed by atoms with E-state index in [0.29, 0.717) is 0 Å². The van der Waals surface area contributed by atoms with Crippen LogP contribution in [0.15, 0.2) is 18.2 Å². The summed E-state index contributed by atoms with van der Waals surface area (Å²) < 4.78 is 5.73. The number of hydrogen-bond acceptors (Lipinski definition) is 2. The molecule has 1 aromatic rings. The standard InChI is InChI=1S/C15H21NO2/c1-10(2)18-12-6-7-14-13(8-12)15(4,5)9-16(14)11(3)17/h6-8,10H,9H2,1-5H3. The predicted molar refractivity (Wildman–Crippen MR) is 73.3 cm³/mol. The maximum absolute atomic E-state index is 11.7. The molecule has 0 N–H and O–H groups in total. The van der Waals surface area contributed by atoms with Crippen LogP contribution >= 0.6 is 0 Å². The topological polar surface area (TPSA) is 29.5 Å². The van der Waals surface area contributed by atoms with E-state index in [1.165, 1.54) is 5.56 Å². The van der Waals surface area contributed by atoms with Crippen molar-refractivity contribution in [1.29, 1.82) is 0 Å². The van der Waals surface area contributed by atoms with Crippen molar-refractivity contribution in [3.05, 3.63) is 23.8 Å². The first-order valence-corrected chi connectivity index (χ1v) is 6.40. The molecule has 18 heavy (non-hydrogen) atoms. The van der Waals surface area contributed by atoms with Crippen molar-refractivity contribution in [2.24, 2.45) is 0 Å². The van der Waals surface area contributed by atoms with Gasteiger partial charge in [-0.05, 0) is 37.6 Å². The Balaban J connectivity index is 2.43. The first-order valence-electron chi connectivity index (χ1n) is 6.40. The van der Waals surface area contributed by atoms with E-state index < -0.39 is 0 Å². The van der Waals surface area contributed by atoms with Crippen molar-refractivity contribution in [2.75, 3.05) is 11.4 Å². The molecule has 0 radical (unpaired) electrons. The lowest BCUT2D eigenvalue weighted by atomic mass is 9.87. The molecule has 0 fully saturated rings. The molecule has 0 saturated carbocycles. The first kappa shape index (κ1) is 12.9. The van der Waals surface area contributed by atoms with Crippen LogP contribution in [0.5, 0.6) is 5.75 Å². The molecule has 0 bridgehead atoms. The Bertz CT molecular complexity index is 477. The number of amides is 1. The highest BCUT2D eigenvalue weighted by molar-refractivity contribution is 5.94. The van der Waals surface area contributed by atoms with E-state index in [2.05, 4.69) is 19.9 Å². The molecule has 3 nitrogen and oxygen atoms in total. The van der Waals surface area contributed by atoms with Crippen LogP contribution in [-0.2, 0) is 10.2 Å². The number of rotatable bonds is 2. The molecule has 0 aromatic heterocycles. The van der Waals surface area contributed by atoms with Crippen molar-refractivity contribution >= 4 is 11.6 Å². The molecule has 0 aliphatic carbocycles. The zero-order valence-electron chi connectivity index (χ0n) is 11.8. The van der Waals surface area contributed by atoms with Crippen LogP contribution in [0.25, 0.3) is 0 Å². The third-order valence-electron chi connectivity index (χ3n) is 3.29. The van der Waals surface area contributed by atoms with Gasteiger partial charge in [-0.1, -0.05) is 13.8 Å². The summed E-state index contributed by atoms with van der Waals surface area (Å²) in [5.41, 5.74) is 2.19. The predicted octanol–water partition coefficient (Wildman–Crippen LogP) is 3.12. The maximum atomic E-state index is 11.7. The van der Waals surface area contributed by atoms with Gasteiger partial charge >= 0.3 is 0 Å². The fourth-order valence-corrected chi connectivity index (χ4v) is 2.48. The van der Waals surface area contributed by atoms with Gasteiger partial charge in [0.15, 0.2) is 0 Å². The third kappa shape index (κ3) is 2.22. The monoisotopic (exact) mass is 247 g/mol. The molecule has 1 amide bonds. The van der Waals surface area contributed by atoms with Gasteiger partial charge in [-0.15, -0.1) is 0 Å². The second-order valence-electron chi connectivity index (χ2n) is 5.83. The van der Waals surface area contributed by atoms with E-state index in [1.54, 1.807) is 6.92 Å². The highest BCUT2D eigenvalue weighted by Gasteiger charge is 2.37. The van der Waals surface area contributed by atoms with Crippen molar-refractivity contribution in [3.63, 3.8) is 0 Å². The van der Waals surface area contributed by atoms with Gasteiger partial charge < -0.3 is 9.64 Å². The van der Waals surface area contributed by atoms with Gasteiger partial charge in [0.1, 0.15) is 5.75 Å². The minimum absolute atomic E-state index is 0.0165. The average Bonchev–Trinajstić information content (AvgIpc) is 2.50. The third-order valence-corrected chi connectivity index (χ3v) is 3.29. The van der Waals surface area contributed by atoms with Gasteiger partial charge in [-0.25, -0.2) is 0 Å². The SMILES string of the molecule is CC(=O)N1CC(C)(C)c2cc(OC(C)C)ccc21. The van der Waals surface area contributed by atoms with E-state index >= 15 is 0 Å². The number of hydrogen-bond donors (Lipinski definition) is 0. The molecule has 0 saturated heterocycles. The zero-order valence-corrected chi connectivity index (χ0v) is 11.8. The number of nitrogens with zero attached hydrogens (tertiary/aromatic N) is 1. The van der Waals surface area contributed by atoms with Gasteiger partial charge in [-0.2, -0.15) is 0 Å². The average molecular weight is 247 g/mol. The van der Waals surface area contributed by atoms with Crippen LogP contribution in [0.4, 0.5) is 5.69 Å². The van der Waals surface area contributed by atoms with E-state index in [0.717, 1.165) is 18.0 Å². The Hall–Kier alpha value is -1.51. The van der Waals surface area contributed by atoms with Gasteiger partial charge in [-0.3, -0.25) is 4.79 Å². The Morgan fingerprint density at radius 1 is 1.39 bits per heavy atom. The molecular weight excluding hydrogens is 226 g/mol. The summed E-state index contributed by atoms with van der Waals surface area (Å²) in [6.45, 7) is 10.7. The maximum Gasteiger partial charge on any atom is 0.223 e. The van der Waals surface area contributed by atoms with Gasteiger partial charge in [0.25, 0.3) is 0 Å². The smallest absolute Gasteiger partial charge is 0.223 e. The van der Waals surface area contributed by atoms with E-state index in [9.17, 15) is 4.79 Å². The number of benzene rings is 1. The molecule has 1 heterocycles. The minimum Gasteiger partial charge on any atom is -0.491 e. The highest BCUT2D eigenvalue weighted by Crippen LogP contribution is 2.42. The number of ether oxygens (including phenoxy) is 1. The Labute approximate surface area is 109 Å². The highest BCUT2D eigenvalue weighted by atomic mass is 16.5. The number of carbonyl (C=O) groups is 1. The zero-order chi connectivity index (χ0) is 13.5. The summed E-state index contributed by atoms with van der Waals surface area (Å²) in [6, 6.07) is 6.00. The lowest BCUT2D eigenvalue weighted by molar-refractivity contribution is -0.116. The van der Waals surface area contributed by atoms with E-state index in [-0.39, 0.29) is 17.4 Å². The van der Waals surface area contributed by atoms with Crippen LogP contribution in [0.3, 0.4) is 0 Å². The molecule has 1 aromatic carbocycles. The van der Waals surface area contributed by atoms with Crippen molar-refractivity contribution < 1.29 is 9.53 Å². The molecule has 3 heteroatoms. The van der Waals surface area contributed by atoms with E-state index in [1.807, 2.05) is 30.9 Å². The fraction of sp³-hybridized carbons (Fsp3) is 0.533. The Morgan fingerprint density at radius 2 is 2.06 bits per heavy atom. The number of anilines is 1. The second-order valence-corrected chi connectivity index (χ2v) is 5.83. The van der Waals surface area contributed by atoms with Gasteiger partial charge in [0.2, 0.25) is 5.91 Å². The van der Waals surface area contributed by atoms with Crippen LogP contribution < -0.4 is 9.64 Å². The summed E-state index contributed by atoms with van der Waals surface area (Å²) in [5.74, 6) is 0.974. The van der Waals surface area contributed by atoms with Crippen molar-refractivity contribution in [1.82, 2.24) is 0 Å². The van der Waals surface area contributed by atoms with Gasteiger partial charge in [0.05, 0.1) is 6.10 Å². The quantitative estimate of drug-likeness (QED) is 0.803.